The maximum Gasteiger partial charge on any atom is 0.256 e. The summed E-state index contributed by atoms with van der Waals surface area (Å²) in [5, 5.41) is 7.12. The van der Waals surface area contributed by atoms with Crippen LogP contribution in [0.2, 0.25) is 0 Å². The fourth-order valence-electron chi connectivity index (χ4n) is 2.84. The normalized spacial score (nSPS) is 17.3. The quantitative estimate of drug-likeness (QED) is 0.744. The Morgan fingerprint density at radius 3 is 3.04 bits per heavy atom. The van der Waals surface area contributed by atoms with Gasteiger partial charge in [-0.1, -0.05) is 0 Å². The summed E-state index contributed by atoms with van der Waals surface area (Å²) in [5.41, 5.74) is 0.564. The van der Waals surface area contributed by atoms with Gasteiger partial charge in [0.25, 0.3) is 5.91 Å². The highest BCUT2D eigenvalue weighted by molar-refractivity contribution is 5.97. The second kappa shape index (κ2) is 8.12. The average molecular weight is 332 g/mol. The Kier molecular flexibility index (Phi) is 5.66. The number of ether oxygens (including phenoxy) is 2. The smallest absolute Gasteiger partial charge is 0.256 e. The second-order valence-electron chi connectivity index (χ2n) is 5.92. The first-order valence-electron chi connectivity index (χ1n) is 8.38. The largest absolute Gasteiger partial charge is 0.379 e. The summed E-state index contributed by atoms with van der Waals surface area (Å²) < 4.78 is 14.7. The standard InChI is InChI=1S/C17H24N4O3/c1-20-17(21-8-2-3-9-21)15(12-19-20)16(22)18-7-5-10-23-13-14-6-4-11-24-14/h2-3,8-9,12,14H,4-7,10-11,13H2,1H3,(H,18,22)/t14-/m0/s1. The third-order valence-electron chi connectivity index (χ3n) is 4.08. The number of carbonyl (C=O) groups excluding carboxylic acids is 1. The minimum Gasteiger partial charge on any atom is -0.379 e. The van der Waals surface area contributed by atoms with Crippen LogP contribution in [0.15, 0.2) is 30.7 Å². The Balaban J connectivity index is 1.42. The number of hydrogen-bond acceptors (Lipinski definition) is 4. The fraction of sp³-hybridized carbons (Fsp3) is 0.529. The van der Waals surface area contributed by atoms with Crippen molar-refractivity contribution in [3.63, 3.8) is 0 Å². The van der Waals surface area contributed by atoms with Crippen molar-refractivity contribution in [2.24, 2.45) is 7.05 Å². The van der Waals surface area contributed by atoms with Crippen molar-refractivity contribution in [1.82, 2.24) is 19.7 Å². The van der Waals surface area contributed by atoms with Crippen molar-refractivity contribution in [2.75, 3.05) is 26.4 Å². The summed E-state index contributed by atoms with van der Waals surface area (Å²) in [6.45, 7) is 2.69. The van der Waals surface area contributed by atoms with E-state index in [1.807, 2.05) is 36.1 Å². The monoisotopic (exact) mass is 332 g/mol. The van der Waals surface area contributed by atoms with E-state index >= 15 is 0 Å². The summed E-state index contributed by atoms with van der Waals surface area (Å²) in [6, 6.07) is 3.83. The predicted molar refractivity (Wildman–Crippen MR) is 89.3 cm³/mol. The van der Waals surface area contributed by atoms with E-state index in [4.69, 9.17) is 9.47 Å². The summed E-state index contributed by atoms with van der Waals surface area (Å²) >= 11 is 0. The van der Waals surface area contributed by atoms with E-state index < -0.39 is 0 Å². The van der Waals surface area contributed by atoms with Gasteiger partial charge in [-0.05, 0) is 31.4 Å². The molecule has 1 atom stereocenters. The first-order chi connectivity index (χ1) is 11.8. The van der Waals surface area contributed by atoms with Gasteiger partial charge in [-0.25, -0.2) is 0 Å². The molecule has 1 fully saturated rings. The highest BCUT2D eigenvalue weighted by Crippen LogP contribution is 2.14. The van der Waals surface area contributed by atoms with Crippen LogP contribution >= 0.6 is 0 Å². The summed E-state index contributed by atoms with van der Waals surface area (Å²) in [7, 11) is 1.82. The molecule has 2 aromatic rings. The van der Waals surface area contributed by atoms with E-state index in [0.29, 0.717) is 25.3 Å². The molecule has 1 N–H and O–H groups in total. The van der Waals surface area contributed by atoms with Gasteiger partial charge in [0.05, 0.1) is 18.9 Å². The van der Waals surface area contributed by atoms with Gasteiger partial charge in [0.1, 0.15) is 11.4 Å². The molecule has 1 aliphatic rings. The third-order valence-corrected chi connectivity index (χ3v) is 4.08. The molecule has 24 heavy (non-hydrogen) atoms. The number of nitrogens with one attached hydrogen (secondary N) is 1. The summed E-state index contributed by atoms with van der Waals surface area (Å²) in [6.07, 6.45) is 8.62. The number of nitrogens with zero attached hydrogens (tertiary/aromatic N) is 3. The number of aryl methyl sites for hydroxylation is 1. The highest BCUT2D eigenvalue weighted by atomic mass is 16.5. The molecule has 0 unspecified atom stereocenters. The van der Waals surface area contributed by atoms with Crippen LogP contribution in [0, 0.1) is 0 Å². The van der Waals surface area contributed by atoms with Crippen LogP contribution in [0.3, 0.4) is 0 Å². The zero-order valence-corrected chi connectivity index (χ0v) is 14.0. The maximum atomic E-state index is 12.4. The van der Waals surface area contributed by atoms with Gasteiger partial charge in [-0.2, -0.15) is 5.10 Å². The molecular formula is C17H24N4O3. The van der Waals surface area contributed by atoms with Crippen molar-refractivity contribution in [3.05, 3.63) is 36.3 Å². The van der Waals surface area contributed by atoms with Gasteiger partial charge < -0.3 is 19.4 Å². The molecular weight excluding hydrogens is 308 g/mol. The molecule has 0 aromatic carbocycles. The Morgan fingerprint density at radius 1 is 1.46 bits per heavy atom. The van der Waals surface area contributed by atoms with Gasteiger partial charge >= 0.3 is 0 Å². The molecule has 7 heteroatoms. The Hall–Kier alpha value is -2.12. The topological polar surface area (TPSA) is 70.3 Å². The van der Waals surface area contributed by atoms with E-state index in [1.54, 1.807) is 10.9 Å². The molecule has 0 bridgehead atoms. The number of hydrogen-bond donors (Lipinski definition) is 1. The Bertz CT molecular complexity index is 645. The van der Waals surface area contributed by atoms with Crippen molar-refractivity contribution in [1.29, 1.82) is 0 Å². The van der Waals surface area contributed by atoms with Crippen LogP contribution in [-0.4, -0.2) is 52.7 Å². The molecule has 0 spiro atoms. The lowest BCUT2D eigenvalue weighted by Gasteiger charge is -2.11. The molecule has 0 aliphatic carbocycles. The van der Waals surface area contributed by atoms with Crippen molar-refractivity contribution < 1.29 is 14.3 Å². The van der Waals surface area contributed by atoms with Crippen LogP contribution in [0.5, 0.6) is 0 Å². The lowest BCUT2D eigenvalue weighted by molar-refractivity contribution is 0.0166. The van der Waals surface area contributed by atoms with Crippen LogP contribution in [-0.2, 0) is 16.5 Å². The number of rotatable bonds is 8. The lowest BCUT2D eigenvalue weighted by atomic mass is 10.2. The summed E-state index contributed by atoms with van der Waals surface area (Å²) in [5.74, 6) is 0.637. The zero-order chi connectivity index (χ0) is 16.8. The minimum atomic E-state index is -0.120. The maximum absolute atomic E-state index is 12.4. The van der Waals surface area contributed by atoms with Crippen LogP contribution in [0.1, 0.15) is 29.6 Å². The van der Waals surface area contributed by atoms with Crippen molar-refractivity contribution in [3.8, 4) is 5.82 Å². The van der Waals surface area contributed by atoms with Crippen LogP contribution in [0.25, 0.3) is 5.82 Å². The Morgan fingerprint density at radius 2 is 2.29 bits per heavy atom. The molecule has 0 radical (unpaired) electrons. The lowest BCUT2D eigenvalue weighted by Crippen LogP contribution is -2.26. The number of aromatic nitrogens is 3. The third kappa shape index (κ3) is 4.04. The molecule has 3 heterocycles. The molecule has 130 valence electrons. The Labute approximate surface area is 141 Å². The van der Waals surface area contributed by atoms with E-state index in [1.165, 1.54) is 0 Å². The van der Waals surface area contributed by atoms with E-state index in [-0.39, 0.29) is 12.0 Å². The molecule has 1 aliphatic heterocycles. The molecule has 3 rings (SSSR count). The first kappa shape index (κ1) is 16.7. The van der Waals surface area contributed by atoms with E-state index in [2.05, 4.69) is 10.4 Å². The summed E-state index contributed by atoms with van der Waals surface area (Å²) in [4.78, 5) is 12.4. The SMILES string of the molecule is Cn1ncc(C(=O)NCCCOC[C@@H]2CCCO2)c1-n1cccc1. The highest BCUT2D eigenvalue weighted by Gasteiger charge is 2.17. The minimum absolute atomic E-state index is 0.120. The molecule has 1 amide bonds. The van der Waals surface area contributed by atoms with Crippen LogP contribution < -0.4 is 5.32 Å². The molecule has 1 saturated heterocycles. The number of carbonyl (C=O) groups is 1. The van der Waals surface area contributed by atoms with Gasteiger partial charge in [-0.3, -0.25) is 9.48 Å². The van der Waals surface area contributed by atoms with Gasteiger partial charge in [0, 0.05) is 39.2 Å². The fourth-order valence-corrected chi connectivity index (χ4v) is 2.84. The van der Waals surface area contributed by atoms with Gasteiger partial charge in [0.15, 0.2) is 0 Å². The molecule has 0 saturated carbocycles. The van der Waals surface area contributed by atoms with Crippen LogP contribution in [0.4, 0.5) is 0 Å². The van der Waals surface area contributed by atoms with Crippen molar-refractivity contribution >= 4 is 5.91 Å². The average Bonchev–Trinajstić information content (AvgIpc) is 3.31. The van der Waals surface area contributed by atoms with Gasteiger partial charge in [0.2, 0.25) is 0 Å². The van der Waals surface area contributed by atoms with E-state index in [9.17, 15) is 4.79 Å². The predicted octanol–water partition coefficient (Wildman–Crippen LogP) is 1.53. The van der Waals surface area contributed by atoms with Gasteiger partial charge in [-0.15, -0.1) is 0 Å². The second-order valence-corrected chi connectivity index (χ2v) is 5.92. The molecule has 2 aromatic heterocycles. The first-order valence-corrected chi connectivity index (χ1v) is 8.38. The number of amides is 1. The van der Waals surface area contributed by atoms with Crippen molar-refractivity contribution in [2.45, 2.75) is 25.4 Å². The van der Waals surface area contributed by atoms with E-state index in [0.717, 1.165) is 31.7 Å². The zero-order valence-electron chi connectivity index (χ0n) is 14.0. The molecule has 7 nitrogen and oxygen atoms in total.